The summed E-state index contributed by atoms with van der Waals surface area (Å²) >= 11 is 5.81. The number of benzene rings is 2. The molecule has 0 aliphatic rings. The Morgan fingerprint density at radius 2 is 1.02 bits per heavy atom. The Bertz CT molecular complexity index is 2520. The molecule has 0 atom stereocenters. The molecule has 53 heavy (non-hydrogen) atoms. The van der Waals surface area contributed by atoms with Gasteiger partial charge in [-0.1, -0.05) is 76.8 Å². The first kappa shape index (κ1) is 37.5. The van der Waals surface area contributed by atoms with Gasteiger partial charge in [0, 0.05) is 0 Å². The maximum atomic E-state index is 14.4. The molecule has 13 heteroatoms. The van der Waals surface area contributed by atoms with E-state index in [0.717, 1.165) is 41.8 Å². The molecule has 0 bridgehead atoms. The Labute approximate surface area is 324 Å². The summed E-state index contributed by atoms with van der Waals surface area (Å²) in [7, 11) is 0.813. The van der Waals surface area contributed by atoms with Gasteiger partial charge in [-0.2, -0.15) is 0 Å². The number of nitrogens with zero attached hydrogens (tertiary/aromatic N) is 1. The number of unbranched alkanes of at least 4 members (excludes halogenated alkanes) is 9. The van der Waals surface area contributed by atoms with E-state index in [1.165, 1.54) is 113 Å². The van der Waals surface area contributed by atoms with Crippen LogP contribution in [-0.4, -0.2) is 19.3 Å². The van der Waals surface area contributed by atoms with Gasteiger partial charge in [0.1, 0.15) is 0 Å². The van der Waals surface area contributed by atoms with Gasteiger partial charge in [-0.05, 0) is 18.4 Å². The Kier molecular flexibility index (Phi) is 11.8. The fourth-order valence-electron chi connectivity index (χ4n) is 7.15. The Morgan fingerprint density at radius 1 is 0.566 bits per heavy atom. The number of hydrogen-bond donors (Lipinski definition) is 0. The van der Waals surface area contributed by atoms with Crippen LogP contribution in [0.5, 0.6) is 11.5 Å². The van der Waals surface area contributed by atoms with Crippen molar-refractivity contribution >= 4 is 100 Å². The summed E-state index contributed by atoms with van der Waals surface area (Å²) in [6, 6.07) is 15.4. The summed E-state index contributed by atoms with van der Waals surface area (Å²) in [6.07, 6.45) is 13.9. The molecule has 0 amide bonds. The van der Waals surface area contributed by atoms with E-state index in [2.05, 4.69) is 6.92 Å². The molecule has 0 saturated carbocycles. The molecule has 2 aromatic carbocycles. The van der Waals surface area contributed by atoms with Crippen LogP contribution >= 0.6 is 45.3 Å². The van der Waals surface area contributed by atoms with Crippen molar-refractivity contribution in [2.75, 3.05) is 0 Å². The second kappa shape index (κ2) is 16.7. The van der Waals surface area contributed by atoms with Crippen LogP contribution in [0.4, 0.5) is 0 Å². The van der Waals surface area contributed by atoms with Crippen LogP contribution in [-0.2, 0) is 15.8 Å². The fraction of sp³-hybridized carbons (Fsp3) is 0.350. The van der Waals surface area contributed by atoms with Crippen LogP contribution in [0.2, 0.25) is 0 Å². The van der Waals surface area contributed by atoms with E-state index in [9.17, 15) is 19.0 Å². The molecule has 7 aromatic rings. The van der Waals surface area contributed by atoms with Gasteiger partial charge < -0.3 is 0 Å². The topological polar surface area (TPSA) is 91.7 Å². The molecule has 0 fully saturated rings. The molecule has 270 valence electrons. The second-order valence-corrected chi connectivity index (χ2v) is 18.2. The monoisotopic (exact) mass is 779 g/mol. The van der Waals surface area contributed by atoms with Crippen molar-refractivity contribution in [3.8, 4) is 26.9 Å². The van der Waals surface area contributed by atoms with E-state index in [4.69, 9.17) is 9.31 Å². The van der Waals surface area contributed by atoms with E-state index in [1.54, 1.807) is 0 Å². The summed E-state index contributed by atoms with van der Waals surface area (Å²) in [5, 5.41) is 2.30. The van der Waals surface area contributed by atoms with E-state index >= 15 is 0 Å². The zero-order valence-corrected chi connectivity index (χ0v) is 33.3. The second-order valence-electron chi connectivity index (χ2n) is 13.5. The van der Waals surface area contributed by atoms with Crippen molar-refractivity contribution in [2.45, 2.75) is 91.4 Å². The molecule has 0 aliphatic heterocycles. The van der Waals surface area contributed by atoms with Crippen molar-refractivity contribution in [2.24, 2.45) is 0 Å². The fourth-order valence-corrected chi connectivity index (χ4v) is 11.7. The van der Waals surface area contributed by atoms with Crippen molar-refractivity contribution in [1.82, 2.24) is 4.57 Å². The van der Waals surface area contributed by atoms with Crippen LogP contribution < -0.4 is 20.4 Å². The summed E-state index contributed by atoms with van der Waals surface area (Å²) < 4.78 is 38.5. The smallest absolute Gasteiger partial charge is 0.0570 e. The first-order valence-corrected chi connectivity index (χ1v) is 21.5. The summed E-state index contributed by atoms with van der Waals surface area (Å²) in [4.78, 5) is 32.1. The number of aryl methyl sites for hydroxylation is 3. The van der Waals surface area contributed by atoms with Crippen LogP contribution in [0.1, 0.15) is 86.4 Å². The minimum Gasteiger partial charge on any atom is -0.0570 e. The quantitative estimate of drug-likeness (QED) is 0.0675. The predicted octanol–water partition coefficient (Wildman–Crippen LogP) is 11.5. The molecule has 5 aromatic heterocycles. The third-order valence-corrected chi connectivity index (χ3v) is 14.5. The van der Waals surface area contributed by atoms with Crippen LogP contribution in [0.3, 0.4) is 0 Å². The number of rotatable bonds is 17. The number of aromatic nitrogens is 1. The molecular formula is C40H39B2NO6S4. The van der Waals surface area contributed by atoms with E-state index in [1.807, 2.05) is 62.4 Å². The molecule has 0 spiro atoms. The van der Waals surface area contributed by atoms with E-state index in [0.29, 0.717) is 62.8 Å². The number of hydrogen-bond acceptors (Lipinski definition) is 10. The third kappa shape index (κ3) is 7.63. The zero-order valence-electron chi connectivity index (χ0n) is 30.1. The summed E-state index contributed by atoms with van der Waals surface area (Å²) in [5.74, 6) is 0.810. The molecule has 5 heterocycles. The number of fused-ring (bicyclic) bond motifs is 5. The van der Waals surface area contributed by atoms with Gasteiger partial charge in [0.25, 0.3) is 0 Å². The van der Waals surface area contributed by atoms with Gasteiger partial charge in [0.2, 0.25) is 0 Å². The van der Waals surface area contributed by atoms with E-state index in [-0.39, 0.29) is 11.1 Å². The average molecular weight is 780 g/mol. The summed E-state index contributed by atoms with van der Waals surface area (Å²) in [5.41, 5.74) is 1.04. The number of thiophene rings is 4. The van der Waals surface area contributed by atoms with E-state index < -0.39 is 0 Å². The van der Waals surface area contributed by atoms with Gasteiger partial charge in [-0.25, -0.2) is 0 Å². The van der Waals surface area contributed by atoms with Crippen molar-refractivity contribution in [3.63, 3.8) is 0 Å². The van der Waals surface area contributed by atoms with Crippen molar-refractivity contribution in [3.05, 3.63) is 84.6 Å². The SMILES string of the molecule is CCCCCCCCCCCCc1ccc(-n2c(=O)c3cc(C)sc3c3sc(-c4cc5c(OB=O)c6sc(C)cc6c(OB=O)c5s4)cc3c2=O)cc1. The molecule has 0 unspecified atom stereocenters. The normalized spacial score (nSPS) is 11.5. The Morgan fingerprint density at radius 3 is 1.62 bits per heavy atom. The summed E-state index contributed by atoms with van der Waals surface area (Å²) in [6.45, 7) is 6.17. The molecule has 0 radical (unpaired) electrons. The zero-order chi connectivity index (χ0) is 37.1. The Hall–Kier alpha value is -3.77. The van der Waals surface area contributed by atoms with Crippen LogP contribution in [0.15, 0.2) is 58.1 Å². The van der Waals surface area contributed by atoms with Crippen LogP contribution in [0.25, 0.3) is 55.8 Å². The van der Waals surface area contributed by atoms with Crippen molar-refractivity contribution < 1.29 is 18.7 Å². The standard InChI is InChI=1S/C40H39B2NO6S4/c1-4-5-6-7-8-9-10-11-12-13-14-25-15-17-26(18-16-25)43-39(44)29-20-24(3)51-37(29)38-30(40(43)45)22-32(53-38)31-21-28-34(49-42-47)35-27(19-23(2)50-35)33(48-41-46)36(28)52-31/h15-22H,4-14H2,1-3H3. The first-order valence-electron chi connectivity index (χ1n) is 18.3. The molecule has 7 nitrogen and oxygen atoms in total. The van der Waals surface area contributed by atoms with Gasteiger partial charge >= 0.3 is 231 Å². The minimum absolute atomic E-state index is 0.328. The van der Waals surface area contributed by atoms with Gasteiger partial charge in [0.05, 0.1) is 0 Å². The molecule has 0 N–H and O–H groups in total. The first-order chi connectivity index (χ1) is 25.8. The predicted molar refractivity (Wildman–Crippen MR) is 224 cm³/mol. The average Bonchev–Trinajstić information content (AvgIpc) is 3.95. The van der Waals surface area contributed by atoms with Crippen molar-refractivity contribution in [1.29, 1.82) is 0 Å². The van der Waals surface area contributed by atoms with Gasteiger partial charge in [-0.3, -0.25) is 0 Å². The third-order valence-electron chi connectivity index (χ3n) is 9.74. The molecule has 7 rings (SSSR count). The maximum absolute atomic E-state index is 14.4. The van der Waals surface area contributed by atoms with Gasteiger partial charge in [0.15, 0.2) is 0 Å². The van der Waals surface area contributed by atoms with Gasteiger partial charge in [-0.15, -0.1) is 0 Å². The molecular weight excluding hydrogens is 740 g/mol. The molecule has 0 saturated heterocycles. The Balaban J connectivity index is 1.23. The molecule has 0 aliphatic carbocycles. The minimum atomic E-state index is -0.372. The van der Waals surface area contributed by atoms with Crippen LogP contribution in [0, 0.1) is 13.8 Å².